The number of hydrogen-bond donors (Lipinski definition) is 1. The quantitative estimate of drug-likeness (QED) is 0.679. The number of hydrogen-bond acceptors (Lipinski definition) is 3. The standard InChI is InChI=1S/C17H18N2O3/c1-12-8-9-15(10-16(12)19(21)22)17(20)18-11-13(2)14-6-4-3-5-7-14/h3-10,13H,11H2,1-2H3,(H,18,20)/t13-/m1/s1. The molecular formula is C17H18N2O3. The van der Waals surface area contributed by atoms with E-state index in [0.717, 1.165) is 5.56 Å². The van der Waals surface area contributed by atoms with Crippen molar-refractivity contribution in [3.05, 3.63) is 75.3 Å². The zero-order valence-electron chi connectivity index (χ0n) is 12.6. The first-order chi connectivity index (χ1) is 10.5. The Kier molecular flexibility index (Phi) is 4.88. The summed E-state index contributed by atoms with van der Waals surface area (Å²) in [5, 5.41) is 13.7. The number of nitro groups is 1. The van der Waals surface area contributed by atoms with Crippen molar-refractivity contribution in [3.63, 3.8) is 0 Å². The van der Waals surface area contributed by atoms with Crippen LogP contribution in [0, 0.1) is 17.0 Å². The van der Waals surface area contributed by atoms with Crippen molar-refractivity contribution in [1.82, 2.24) is 5.32 Å². The molecule has 0 aliphatic rings. The SMILES string of the molecule is Cc1ccc(C(=O)NC[C@@H](C)c2ccccc2)cc1[N+](=O)[O-]. The van der Waals surface area contributed by atoms with Crippen LogP contribution in [0.15, 0.2) is 48.5 Å². The molecule has 2 aromatic rings. The number of aryl methyl sites for hydroxylation is 1. The lowest BCUT2D eigenvalue weighted by molar-refractivity contribution is -0.385. The van der Waals surface area contributed by atoms with Crippen molar-refractivity contribution < 1.29 is 9.72 Å². The van der Waals surface area contributed by atoms with Crippen LogP contribution in [0.4, 0.5) is 5.69 Å². The summed E-state index contributed by atoms with van der Waals surface area (Å²) < 4.78 is 0. The Morgan fingerprint density at radius 3 is 2.55 bits per heavy atom. The van der Waals surface area contributed by atoms with E-state index in [0.29, 0.717) is 17.7 Å². The number of nitrogens with zero attached hydrogens (tertiary/aromatic N) is 1. The first kappa shape index (κ1) is 15.7. The molecule has 1 atom stereocenters. The summed E-state index contributed by atoms with van der Waals surface area (Å²) in [5.74, 6) is -0.128. The summed E-state index contributed by atoms with van der Waals surface area (Å²) in [4.78, 5) is 22.6. The molecule has 2 rings (SSSR count). The molecule has 0 saturated heterocycles. The van der Waals surface area contributed by atoms with Gasteiger partial charge in [0.15, 0.2) is 0 Å². The maximum Gasteiger partial charge on any atom is 0.273 e. The second kappa shape index (κ2) is 6.85. The molecule has 0 bridgehead atoms. The lowest BCUT2D eigenvalue weighted by atomic mass is 10.0. The second-order valence-corrected chi connectivity index (χ2v) is 5.28. The van der Waals surface area contributed by atoms with Crippen LogP contribution in [-0.2, 0) is 0 Å². The van der Waals surface area contributed by atoms with E-state index in [4.69, 9.17) is 0 Å². The van der Waals surface area contributed by atoms with E-state index in [2.05, 4.69) is 5.32 Å². The van der Waals surface area contributed by atoms with Crippen LogP contribution in [0.25, 0.3) is 0 Å². The molecule has 1 N–H and O–H groups in total. The number of carbonyl (C=O) groups excluding carboxylic acids is 1. The van der Waals surface area contributed by atoms with Crippen molar-refractivity contribution in [3.8, 4) is 0 Å². The van der Waals surface area contributed by atoms with Gasteiger partial charge < -0.3 is 5.32 Å². The van der Waals surface area contributed by atoms with Crippen LogP contribution in [0.2, 0.25) is 0 Å². The smallest absolute Gasteiger partial charge is 0.273 e. The van der Waals surface area contributed by atoms with E-state index in [1.807, 2.05) is 37.3 Å². The highest BCUT2D eigenvalue weighted by Crippen LogP contribution is 2.19. The first-order valence-electron chi connectivity index (χ1n) is 7.07. The second-order valence-electron chi connectivity index (χ2n) is 5.28. The highest BCUT2D eigenvalue weighted by atomic mass is 16.6. The van der Waals surface area contributed by atoms with Gasteiger partial charge in [-0.15, -0.1) is 0 Å². The fraction of sp³-hybridized carbons (Fsp3) is 0.235. The van der Waals surface area contributed by atoms with Crippen LogP contribution in [0.1, 0.15) is 34.3 Å². The summed E-state index contributed by atoms with van der Waals surface area (Å²) >= 11 is 0. The molecule has 2 aromatic carbocycles. The highest BCUT2D eigenvalue weighted by Gasteiger charge is 2.15. The molecule has 5 nitrogen and oxygen atoms in total. The monoisotopic (exact) mass is 298 g/mol. The van der Waals surface area contributed by atoms with Crippen LogP contribution in [0.3, 0.4) is 0 Å². The summed E-state index contributed by atoms with van der Waals surface area (Å²) in [6.45, 7) is 4.15. The number of nitro benzene ring substituents is 1. The minimum Gasteiger partial charge on any atom is -0.351 e. The molecule has 22 heavy (non-hydrogen) atoms. The largest absolute Gasteiger partial charge is 0.351 e. The Balaban J connectivity index is 2.04. The minimum absolute atomic E-state index is 0.0382. The molecule has 5 heteroatoms. The van der Waals surface area contributed by atoms with Gasteiger partial charge in [-0.05, 0) is 24.5 Å². The van der Waals surface area contributed by atoms with E-state index in [1.54, 1.807) is 19.1 Å². The highest BCUT2D eigenvalue weighted by molar-refractivity contribution is 5.95. The average Bonchev–Trinajstić information content (AvgIpc) is 2.53. The van der Waals surface area contributed by atoms with E-state index >= 15 is 0 Å². The normalized spacial score (nSPS) is 11.7. The van der Waals surface area contributed by atoms with Gasteiger partial charge in [-0.3, -0.25) is 14.9 Å². The Morgan fingerprint density at radius 1 is 1.23 bits per heavy atom. The Morgan fingerprint density at radius 2 is 1.91 bits per heavy atom. The van der Waals surface area contributed by atoms with Crippen molar-refractivity contribution in [2.75, 3.05) is 6.54 Å². The van der Waals surface area contributed by atoms with Crippen molar-refractivity contribution >= 4 is 11.6 Å². The van der Waals surface area contributed by atoms with Gasteiger partial charge >= 0.3 is 0 Å². The van der Waals surface area contributed by atoms with Crippen molar-refractivity contribution in [2.24, 2.45) is 0 Å². The fourth-order valence-electron chi connectivity index (χ4n) is 2.19. The number of benzene rings is 2. The van der Waals surface area contributed by atoms with E-state index in [9.17, 15) is 14.9 Å². The third-order valence-electron chi connectivity index (χ3n) is 3.61. The lowest BCUT2D eigenvalue weighted by Gasteiger charge is -2.13. The molecule has 1 amide bonds. The summed E-state index contributed by atoms with van der Waals surface area (Å²) in [6, 6.07) is 14.4. The number of rotatable bonds is 5. The molecule has 0 aliphatic heterocycles. The van der Waals surface area contributed by atoms with Crippen LogP contribution >= 0.6 is 0 Å². The van der Waals surface area contributed by atoms with Crippen molar-refractivity contribution in [2.45, 2.75) is 19.8 Å². The van der Waals surface area contributed by atoms with Gasteiger partial charge in [0.05, 0.1) is 4.92 Å². The molecular weight excluding hydrogens is 280 g/mol. The number of nitrogens with one attached hydrogen (secondary N) is 1. The average molecular weight is 298 g/mol. The minimum atomic E-state index is -0.474. The van der Waals surface area contributed by atoms with Gasteiger partial charge in [-0.1, -0.05) is 43.3 Å². The van der Waals surface area contributed by atoms with Gasteiger partial charge in [0.2, 0.25) is 0 Å². The van der Waals surface area contributed by atoms with Crippen LogP contribution < -0.4 is 5.32 Å². The maximum atomic E-state index is 12.1. The van der Waals surface area contributed by atoms with E-state index in [-0.39, 0.29) is 17.5 Å². The number of amides is 1. The van der Waals surface area contributed by atoms with Gasteiger partial charge in [0, 0.05) is 23.7 Å². The fourth-order valence-corrected chi connectivity index (χ4v) is 2.19. The zero-order valence-corrected chi connectivity index (χ0v) is 12.6. The Hall–Kier alpha value is -2.69. The molecule has 114 valence electrons. The third kappa shape index (κ3) is 3.69. The van der Waals surface area contributed by atoms with Gasteiger partial charge in [0.25, 0.3) is 11.6 Å². The molecule has 0 fully saturated rings. The Bertz CT molecular complexity index is 684. The third-order valence-corrected chi connectivity index (χ3v) is 3.61. The predicted molar refractivity (Wildman–Crippen MR) is 85.0 cm³/mol. The van der Waals surface area contributed by atoms with Crippen LogP contribution in [-0.4, -0.2) is 17.4 Å². The first-order valence-corrected chi connectivity index (χ1v) is 7.07. The lowest BCUT2D eigenvalue weighted by Crippen LogP contribution is -2.27. The van der Waals surface area contributed by atoms with Crippen molar-refractivity contribution in [1.29, 1.82) is 0 Å². The molecule has 0 unspecified atom stereocenters. The summed E-state index contributed by atoms with van der Waals surface area (Å²) in [6.07, 6.45) is 0. The van der Waals surface area contributed by atoms with Gasteiger partial charge in [0.1, 0.15) is 0 Å². The van der Waals surface area contributed by atoms with Gasteiger partial charge in [-0.25, -0.2) is 0 Å². The Labute approximate surface area is 129 Å². The summed E-state index contributed by atoms with van der Waals surface area (Å²) in [7, 11) is 0. The van der Waals surface area contributed by atoms with E-state index < -0.39 is 4.92 Å². The predicted octanol–water partition coefficient (Wildman–Crippen LogP) is 3.44. The molecule has 0 aliphatic carbocycles. The zero-order chi connectivity index (χ0) is 16.1. The van der Waals surface area contributed by atoms with E-state index in [1.165, 1.54) is 6.07 Å². The molecule has 0 saturated carbocycles. The molecule has 0 spiro atoms. The maximum absolute atomic E-state index is 12.1. The van der Waals surface area contributed by atoms with Gasteiger partial charge in [-0.2, -0.15) is 0 Å². The molecule has 0 aromatic heterocycles. The number of carbonyl (C=O) groups is 1. The molecule has 0 radical (unpaired) electrons. The summed E-state index contributed by atoms with van der Waals surface area (Å²) in [5.41, 5.74) is 1.94. The molecule has 0 heterocycles. The van der Waals surface area contributed by atoms with Crippen LogP contribution in [0.5, 0.6) is 0 Å². The topological polar surface area (TPSA) is 72.2 Å².